The predicted octanol–water partition coefficient (Wildman–Crippen LogP) is 1.92. The molecule has 1 saturated heterocycles. The Labute approximate surface area is 175 Å². The molecule has 9 heteroatoms. The van der Waals surface area contributed by atoms with Gasteiger partial charge in [0.05, 0.1) is 6.54 Å². The zero-order valence-electron chi connectivity index (χ0n) is 17.2. The quantitative estimate of drug-likeness (QED) is 0.422. The zero-order valence-corrected chi connectivity index (χ0v) is 17.2. The molecule has 0 radical (unpaired) electrons. The number of carboxylic acids is 1. The Morgan fingerprint density at radius 1 is 1.23 bits per heavy atom. The second kappa shape index (κ2) is 10.6. The van der Waals surface area contributed by atoms with E-state index >= 15 is 0 Å². The molecule has 1 heterocycles. The summed E-state index contributed by atoms with van der Waals surface area (Å²) in [5, 5.41) is 22.1. The summed E-state index contributed by atoms with van der Waals surface area (Å²) in [5.74, 6) is -2.07. The van der Waals surface area contributed by atoms with Gasteiger partial charge in [-0.3, -0.25) is 10.1 Å². The van der Waals surface area contributed by atoms with Crippen molar-refractivity contribution in [3.63, 3.8) is 0 Å². The first kappa shape index (κ1) is 23.9. The van der Waals surface area contributed by atoms with Gasteiger partial charge in [-0.25, -0.2) is 9.18 Å². The van der Waals surface area contributed by atoms with E-state index in [1.165, 1.54) is 0 Å². The van der Waals surface area contributed by atoms with Gasteiger partial charge in [0, 0.05) is 12.8 Å². The van der Waals surface area contributed by atoms with Crippen LogP contribution >= 0.6 is 0 Å². The third-order valence-corrected chi connectivity index (χ3v) is 5.93. The number of benzene rings is 1. The third kappa shape index (κ3) is 5.21. The molecule has 0 bridgehead atoms. The fraction of sp³-hybridized carbons (Fsp3) is 0.571. The fourth-order valence-corrected chi connectivity index (χ4v) is 4.14. The number of rotatable bonds is 10. The SMILES string of the molecule is C[C@@H]1CCC[N+]1(C(=O)O)C(=O)[C@@H](N[C@@H](CCc1ccccc1)C(=O)O)C(F)CCN. The Morgan fingerprint density at radius 2 is 1.90 bits per heavy atom. The predicted molar refractivity (Wildman–Crippen MR) is 109 cm³/mol. The van der Waals surface area contributed by atoms with Gasteiger partial charge in [0.25, 0.3) is 0 Å². The van der Waals surface area contributed by atoms with Crippen molar-refractivity contribution in [2.24, 2.45) is 5.73 Å². The van der Waals surface area contributed by atoms with Crippen molar-refractivity contribution in [3.8, 4) is 0 Å². The average Bonchev–Trinajstić information content (AvgIpc) is 3.10. The highest BCUT2D eigenvalue weighted by Gasteiger charge is 2.56. The van der Waals surface area contributed by atoms with Crippen LogP contribution in [0, 0.1) is 0 Å². The number of aliphatic carboxylic acids is 1. The Morgan fingerprint density at radius 3 is 2.40 bits per heavy atom. The number of alkyl halides is 1. The van der Waals surface area contributed by atoms with E-state index < -0.39 is 46.7 Å². The van der Waals surface area contributed by atoms with Crippen LogP contribution in [0.1, 0.15) is 38.2 Å². The highest BCUT2D eigenvalue weighted by Crippen LogP contribution is 2.30. The van der Waals surface area contributed by atoms with Crippen LogP contribution < -0.4 is 11.1 Å². The summed E-state index contributed by atoms with van der Waals surface area (Å²) in [6.45, 7) is 1.66. The molecule has 30 heavy (non-hydrogen) atoms. The number of likely N-dealkylation sites (tertiary alicyclic amines) is 1. The number of aryl methyl sites for hydroxylation is 1. The molecule has 0 spiro atoms. The van der Waals surface area contributed by atoms with Gasteiger partial charge >= 0.3 is 18.0 Å². The van der Waals surface area contributed by atoms with Gasteiger partial charge in [-0.15, -0.1) is 0 Å². The molecule has 166 valence electrons. The topological polar surface area (TPSA) is 130 Å². The second-order valence-electron chi connectivity index (χ2n) is 7.86. The Balaban J connectivity index is 2.26. The van der Waals surface area contributed by atoms with Crippen molar-refractivity contribution in [1.82, 2.24) is 5.32 Å². The Kier molecular flexibility index (Phi) is 8.45. The first-order valence-electron chi connectivity index (χ1n) is 10.3. The van der Waals surface area contributed by atoms with E-state index in [1.54, 1.807) is 6.92 Å². The van der Waals surface area contributed by atoms with Gasteiger partial charge in [0.15, 0.2) is 6.04 Å². The molecule has 1 aromatic carbocycles. The molecule has 5 atom stereocenters. The number of carbonyl (C=O) groups excluding carboxylic acids is 1. The molecule has 1 aromatic rings. The summed E-state index contributed by atoms with van der Waals surface area (Å²) in [6.07, 6.45) is -1.72. The average molecular weight is 424 g/mol. The van der Waals surface area contributed by atoms with E-state index in [9.17, 15) is 29.0 Å². The number of carbonyl (C=O) groups is 3. The maximum absolute atomic E-state index is 15.0. The molecule has 0 aliphatic carbocycles. The van der Waals surface area contributed by atoms with Crippen molar-refractivity contribution in [2.75, 3.05) is 13.1 Å². The summed E-state index contributed by atoms with van der Waals surface area (Å²) >= 11 is 0. The standard InChI is InChI=1S/C21H30FN3O5/c1-14-6-5-13-25(14,21(29)30)19(26)18(16(22)11-12-23)24-17(20(27)28)10-9-15-7-3-2-4-8-15/h2-4,7-8,14,16-18,24H,5-6,9-13,23H2,1H3,(H-,27,28,29,30)/p+1/t14-,16?,17+,18+,25?/m1/s1. The molecule has 2 unspecified atom stereocenters. The van der Waals surface area contributed by atoms with Crippen LogP contribution in [-0.4, -0.2) is 70.1 Å². The van der Waals surface area contributed by atoms with Crippen molar-refractivity contribution in [1.29, 1.82) is 0 Å². The van der Waals surface area contributed by atoms with Crippen LogP contribution in [0.15, 0.2) is 30.3 Å². The molecule has 2 rings (SSSR count). The van der Waals surface area contributed by atoms with Crippen molar-refractivity contribution in [2.45, 2.75) is 63.3 Å². The largest absolute Gasteiger partial charge is 0.521 e. The van der Waals surface area contributed by atoms with Gasteiger partial charge in [-0.05, 0) is 38.3 Å². The monoisotopic (exact) mass is 424 g/mol. The molecular formula is C21H31FN3O5+. The van der Waals surface area contributed by atoms with Crippen LogP contribution in [0.4, 0.5) is 9.18 Å². The highest BCUT2D eigenvalue weighted by atomic mass is 19.1. The first-order valence-corrected chi connectivity index (χ1v) is 10.3. The molecule has 5 N–H and O–H groups in total. The number of hydrogen-bond acceptors (Lipinski definition) is 5. The number of hydrogen-bond donors (Lipinski definition) is 4. The van der Waals surface area contributed by atoms with Gasteiger partial charge in [-0.1, -0.05) is 30.3 Å². The van der Waals surface area contributed by atoms with Gasteiger partial charge in [0.1, 0.15) is 18.3 Å². The van der Waals surface area contributed by atoms with Crippen LogP contribution in [0.25, 0.3) is 0 Å². The van der Waals surface area contributed by atoms with Crippen LogP contribution in [-0.2, 0) is 16.0 Å². The Bertz CT molecular complexity index is 747. The van der Waals surface area contributed by atoms with E-state index in [0.29, 0.717) is 19.3 Å². The minimum absolute atomic E-state index is 0.0446. The molecule has 8 nitrogen and oxygen atoms in total. The van der Waals surface area contributed by atoms with Crippen LogP contribution in [0.3, 0.4) is 0 Å². The lowest BCUT2D eigenvalue weighted by molar-refractivity contribution is -0.793. The van der Waals surface area contributed by atoms with Gasteiger partial charge in [-0.2, -0.15) is 9.28 Å². The minimum Gasteiger partial charge on any atom is -0.480 e. The molecule has 1 fully saturated rings. The van der Waals surface area contributed by atoms with Crippen molar-refractivity contribution >= 4 is 18.0 Å². The number of halogens is 1. The van der Waals surface area contributed by atoms with E-state index in [1.807, 2.05) is 30.3 Å². The molecular weight excluding hydrogens is 393 g/mol. The number of nitrogens with two attached hydrogens (primary N) is 1. The number of amides is 2. The molecule has 2 amide bonds. The van der Waals surface area contributed by atoms with Crippen molar-refractivity contribution < 1.29 is 33.5 Å². The fourth-order valence-electron chi connectivity index (χ4n) is 4.14. The molecule has 0 aromatic heterocycles. The number of nitrogens with one attached hydrogen (secondary N) is 1. The molecule has 0 saturated carbocycles. The summed E-state index contributed by atoms with van der Waals surface area (Å²) < 4.78 is 14.1. The lowest BCUT2D eigenvalue weighted by Crippen LogP contribution is -2.67. The summed E-state index contributed by atoms with van der Waals surface area (Å²) in [5.41, 5.74) is 6.36. The molecule has 1 aliphatic rings. The highest BCUT2D eigenvalue weighted by molar-refractivity contribution is 5.86. The third-order valence-electron chi connectivity index (χ3n) is 5.93. The van der Waals surface area contributed by atoms with Gasteiger partial charge < -0.3 is 15.9 Å². The maximum atomic E-state index is 15.0. The number of quaternary nitrogens is 1. The smallest absolute Gasteiger partial charge is 0.480 e. The van der Waals surface area contributed by atoms with E-state index in [4.69, 9.17) is 5.73 Å². The Hall–Kier alpha value is -2.36. The van der Waals surface area contributed by atoms with Crippen LogP contribution in [0.5, 0.6) is 0 Å². The van der Waals surface area contributed by atoms with E-state index in [0.717, 1.165) is 5.56 Å². The lowest BCUT2D eigenvalue weighted by Gasteiger charge is -2.34. The lowest BCUT2D eigenvalue weighted by atomic mass is 10.0. The normalized spacial score (nSPS) is 24.2. The molecule has 1 aliphatic heterocycles. The summed E-state index contributed by atoms with van der Waals surface area (Å²) in [4.78, 5) is 37.2. The number of nitrogens with zero attached hydrogens (tertiary/aromatic N) is 1. The van der Waals surface area contributed by atoms with E-state index in [-0.39, 0.29) is 25.9 Å². The van der Waals surface area contributed by atoms with Crippen molar-refractivity contribution in [3.05, 3.63) is 35.9 Å². The summed E-state index contributed by atoms with van der Waals surface area (Å²) in [6, 6.07) is 5.92. The van der Waals surface area contributed by atoms with Gasteiger partial charge in [0.2, 0.25) is 0 Å². The minimum atomic E-state index is -1.79. The number of imide groups is 1. The zero-order chi connectivity index (χ0) is 22.3. The maximum Gasteiger partial charge on any atom is 0.521 e. The number of carboxylic acid groups (broad SMARTS) is 2. The van der Waals surface area contributed by atoms with Crippen LogP contribution in [0.2, 0.25) is 0 Å². The first-order chi connectivity index (χ1) is 14.2. The van der Waals surface area contributed by atoms with E-state index in [2.05, 4.69) is 5.32 Å². The summed E-state index contributed by atoms with van der Waals surface area (Å²) in [7, 11) is 0. The second-order valence-corrected chi connectivity index (χ2v) is 7.86.